The number of carbonyl (C=O) groups excluding carboxylic acids is 1. The summed E-state index contributed by atoms with van der Waals surface area (Å²) in [7, 11) is 1.73. The van der Waals surface area contributed by atoms with Crippen molar-refractivity contribution in [2.24, 2.45) is 4.99 Å². The zero-order chi connectivity index (χ0) is 19.6. The second-order valence-corrected chi connectivity index (χ2v) is 7.84. The Labute approximate surface area is 168 Å². The van der Waals surface area contributed by atoms with E-state index < -0.39 is 0 Å². The molecule has 1 atom stereocenters. The minimum atomic E-state index is 0.0356. The number of hydrogen-bond donors (Lipinski definition) is 3. The summed E-state index contributed by atoms with van der Waals surface area (Å²) in [5.41, 5.74) is 0. The van der Waals surface area contributed by atoms with Gasteiger partial charge in [0.25, 0.3) is 0 Å². The van der Waals surface area contributed by atoms with Gasteiger partial charge in [-0.3, -0.25) is 14.7 Å². The Morgan fingerprint density at radius 3 is 2.61 bits per heavy atom. The van der Waals surface area contributed by atoms with Gasteiger partial charge in [-0.2, -0.15) is 0 Å². The van der Waals surface area contributed by atoms with Gasteiger partial charge < -0.3 is 20.4 Å². The Balaban J connectivity index is 1.46. The molecule has 0 radical (unpaired) electrons. The molecule has 7 heteroatoms. The minimum absolute atomic E-state index is 0.0356. The van der Waals surface area contributed by atoms with Gasteiger partial charge in [-0.15, -0.1) is 0 Å². The number of likely N-dealkylation sites (tertiary alicyclic amines) is 1. The molecule has 1 aliphatic heterocycles. The van der Waals surface area contributed by atoms with Gasteiger partial charge in [0.15, 0.2) is 5.96 Å². The van der Waals surface area contributed by atoms with Gasteiger partial charge in [0.05, 0.1) is 18.8 Å². The van der Waals surface area contributed by atoms with Gasteiger partial charge in [0.2, 0.25) is 5.91 Å². The molecule has 7 nitrogen and oxygen atoms in total. The highest BCUT2D eigenvalue weighted by molar-refractivity contribution is 5.86. The molecule has 0 spiro atoms. The molecule has 1 unspecified atom stereocenters. The van der Waals surface area contributed by atoms with Crippen LogP contribution in [0.5, 0.6) is 0 Å². The van der Waals surface area contributed by atoms with E-state index in [1.807, 2.05) is 12.1 Å². The second-order valence-electron chi connectivity index (χ2n) is 7.84. The number of guanidine groups is 1. The number of furan rings is 1. The third-order valence-corrected chi connectivity index (χ3v) is 5.78. The maximum absolute atomic E-state index is 12.2. The van der Waals surface area contributed by atoms with Crippen LogP contribution in [0.3, 0.4) is 0 Å². The van der Waals surface area contributed by atoms with Gasteiger partial charge >= 0.3 is 0 Å². The molecule has 1 aliphatic carbocycles. The van der Waals surface area contributed by atoms with Crippen LogP contribution in [0.4, 0.5) is 0 Å². The van der Waals surface area contributed by atoms with Crippen molar-refractivity contribution in [2.75, 3.05) is 33.2 Å². The van der Waals surface area contributed by atoms with Crippen LogP contribution in [0.25, 0.3) is 0 Å². The van der Waals surface area contributed by atoms with Crippen molar-refractivity contribution < 1.29 is 9.21 Å². The van der Waals surface area contributed by atoms with E-state index in [1.165, 1.54) is 38.5 Å². The molecule has 1 saturated heterocycles. The molecule has 1 amide bonds. The summed E-state index contributed by atoms with van der Waals surface area (Å²) in [6.45, 7) is 3.11. The van der Waals surface area contributed by atoms with Crippen LogP contribution in [0.1, 0.15) is 63.2 Å². The molecule has 1 saturated carbocycles. The number of carbonyl (C=O) groups is 1. The molecular formula is C21H35N5O2. The Kier molecular flexibility index (Phi) is 8.21. The molecule has 2 fully saturated rings. The summed E-state index contributed by atoms with van der Waals surface area (Å²) in [6.07, 6.45) is 11.4. The molecule has 3 rings (SSSR count). The van der Waals surface area contributed by atoms with Crippen LogP contribution in [0.15, 0.2) is 27.8 Å². The Morgan fingerprint density at radius 2 is 1.93 bits per heavy atom. The van der Waals surface area contributed by atoms with Gasteiger partial charge in [-0.25, -0.2) is 0 Å². The van der Waals surface area contributed by atoms with Crippen molar-refractivity contribution in [3.63, 3.8) is 0 Å². The molecule has 1 aromatic heterocycles. The fourth-order valence-corrected chi connectivity index (χ4v) is 4.22. The summed E-state index contributed by atoms with van der Waals surface area (Å²) >= 11 is 0. The number of piperidine rings is 1. The third-order valence-electron chi connectivity index (χ3n) is 5.78. The highest BCUT2D eigenvalue weighted by atomic mass is 16.3. The van der Waals surface area contributed by atoms with E-state index in [2.05, 4.69) is 25.8 Å². The Bertz CT molecular complexity index is 604. The molecule has 1 aromatic rings. The van der Waals surface area contributed by atoms with Gasteiger partial charge in [-0.1, -0.05) is 25.7 Å². The lowest BCUT2D eigenvalue weighted by molar-refractivity contribution is -0.120. The minimum Gasteiger partial charge on any atom is -0.468 e. The van der Waals surface area contributed by atoms with Crippen LogP contribution in [-0.4, -0.2) is 56.0 Å². The average Bonchev–Trinajstić information content (AvgIpc) is 3.26. The van der Waals surface area contributed by atoms with Crippen molar-refractivity contribution in [1.29, 1.82) is 0 Å². The van der Waals surface area contributed by atoms with E-state index in [0.717, 1.165) is 31.7 Å². The molecule has 0 bridgehead atoms. The van der Waals surface area contributed by atoms with Crippen LogP contribution in [0, 0.1) is 0 Å². The summed E-state index contributed by atoms with van der Waals surface area (Å²) in [4.78, 5) is 19.0. The zero-order valence-corrected chi connectivity index (χ0v) is 17.1. The Hall–Kier alpha value is -2.02. The fraction of sp³-hybridized carbons (Fsp3) is 0.714. The molecule has 2 heterocycles. The highest BCUT2D eigenvalue weighted by Crippen LogP contribution is 2.24. The van der Waals surface area contributed by atoms with E-state index in [0.29, 0.717) is 18.5 Å². The van der Waals surface area contributed by atoms with E-state index in [1.54, 1.807) is 13.3 Å². The SMILES string of the molecule is CN=C(NCC(=O)NC1CCCCC1)NCC(c1ccco1)N1CCCCC1. The van der Waals surface area contributed by atoms with Crippen molar-refractivity contribution >= 4 is 11.9 Å². The first-order valence-corrected chi connectivity index (χ1v) is 10.8. The lowest BCUT2D eigenvalue weighted by Gasteiger charge is -2.33. The number of hydrogen-bond acceptors (Lipinski definition) is 4. The molecule has 0 aromatic carbocycles. The normalized spacial score (nSPS) is 20.5. The summed E-state index contributed by atoms with van der Waals surface area (Å²) < 4.78 is 5.69. The number of nitrogens with zero attached hydrogens (tertiary/aromatic N) is 2. The van der Waals surface area contributed by atoms with Gasteiger partial charge in [0, 0.05) is 19.6 Å². The summed E-state index contributed by atoms with van der Waals surface area (Å²) in [5.74, 6) is 1.65. The fourth-order valence-electron chi connectivity index (χ4n) is 4.22. The summed E-state index contributed by atoms with van der Waals surface area (Å²) in [6, 6.07) is 4.48. The van der Waals surface area contributed by atoms with Crippen molar-refractivity contribution in [2.45, 2.75) is 63.5 Å². The number of aliphatic imine (C=N–C) groups is 1. The maximum atomic E-state index is 12.2. The number of rotatable bonds is 7. The molecular weight excluding hydrogens is 354 g/mol. The zero-order valence-electron chi connectivity index (χ0n) is 17.1. The topological polar surface area (TPSA) is 81.9 Å². The van der Waals surface area contributed by atoms with E-state index in [4.69, 9.17) is 4.42 Å². The smallest absolute Gasteiger partial charge is 0.239 e. The monoisotopic (exact) mass is 389 g/mol. The first-order chi connectivity index (χ1) is 13.8. The van der Waals surface area contributed by atoms with Gasteiger partial charge in [0.1, 0.15) is 5.76 Å². The molecule has 3 N–H and O–H groups in total. The molecule has 156 valence electrons. The second kappa shape index (κ2) is 11.1. The quantitative estimate of drug-likeness (QED) is 0.493. The molecule has 28 heavy (non-hydrogen) atoms. The van der Waals surface area contributed by atoms with E-state index in [-0.39, 0.29) is 18.5 Å². The van der Waals surface area contributed by atoms with Crippen molar-refractivity contribution in [3.05, 3.63) is 24.2 Å². The van der Waals surface area contributed by atoms with Gasteiger partial charge in [-0.05, 0) is 50.9 Å². The maximum Gasteiger partial charge on any atom is 0.239 e. The first kappa shape index (κ1) is 20.7. The van der Waals surface area contributed by atoms with E-state index in [9.17, 15) is 4.79 Å². The standard InChI is InChI=1S/C21H35N5O2/c1-22-21(24-16-20(27)25-17-9-4-2-5-10-17)23-15-18(19-11-8-14-28-19)26-12-6-3-7-13-26/h8,11,14,17-18H,2-7,9-10,12-13,15-16H2,1H3,(H,25,27)(H2,22,23,24). The van der Waals surface area contributed by atoms with Crippen LogP contribution >= 0.6 is 0 Å². The highest BCUT2D eigenvalue weighted by Gasteiger charge is 2.24. The van der Waals surface area contributed by atoms with E-state index >= 15 is 0 Å². The largest absolute Gasteiger partial charge is 0.468 e. The van der Waals surface area contributed by atoms with Crippen LogP contribution in [0.2, 0.25) is 0 Å². The van der Waals surface area contributed by atoms with Crippen molar-refractivity contribution in [1.82, 2.24) is 20.9 Å². The lowest BCUT2D eigenvalue weighted by Crippen LogP contribution is -2.48. The summed E-state index contributed by atoms with van der Waals surface area (Å²) in [5, 5.41) is 9.64. The predicted molar refractivity (Wildman–Crippen MR) is 111 cm³/mol. The van der Waals surface area contributed by atoms with Crippen LogP contribution < -0.4 is 16.0 Å². The first-order valence-electron chi connectivity index (χ1n) is 10.8. The van der Waals surface area contributed by atoms with Crippen LogP contribution in [-0.2, 0) is 4.79 Å². The Morgan fingerprint density at radius 1 is 1.18 bits per heavy atom. The molecule has 2 aliphatic rings. The average molecular weight is 390 g/mol. The lowest BCUT2D eigenvalue weighted by atomic mass is 9.95. The number of nitrogens with one attached hydrogen (secondary N) is 3. The van der Waals surface area contributed by atoms with Crippen molar-refractivity contribution in [3.8, 4) is 0 Å². The third kappa shape index (κ3) is 6.26. The number of amides is 1. The predicted octanol–water partition coefficient (Wildman–Crippen LogP) is 2.42.